The number of nitrogens with zero attached hydrogens (tertiary/aromatic N) is 1. The Bertz CT molecular complexity index is 1020. The number of hydrogen-bond donors (Lipinski definition) is 0. The zero-order valence-corrected chi connectivity index (χ0v) is 19.6. The fraction of sp³-hybridized carbons (Fsp3) is 0.310. The van der Waals surface area contributed by atoms with E-state index in [1.54, 1.807) is 36.5 Å². The largest absolute Gasteiger partial charge is 0.494 e. The average Bonchev–Trinajstić information content (AvgIpc) is 2.83. The summed E-state index contributed by atoms with van der Waals surface area (Å²) in [6, 6.07) is 22.4. The number of ether oxygens (including phenoxy) is 2. The summed E-state index contributed by atoms with van der Waals surface area (Å²) in [5, 5.41) is 0. The van der Waals surface area contributed by atoms with Crippen molar-refractivity contribution in [3.05, 3.63) is 89.5 Å². The number of hydrogen-bond acceptors (Lipinski definition) is 4. The molecule has 0 fully saturated rings. The predicted molar refractivity (Wildman–Crippen MR) is 135 cm³/mol. The zero-order valence-electron chi connectivity index (χ0n) is 19.6. The number of aliphatic imine (C=N–C) groups is 1. The van der Waals surface area contributed by atoms with Gasteiger partial charge in [-0.3, -0.25) is 4.99 Å². The van der Waals surface area contributed by atoms with Gasteiger partial charge in [0.15, 0.2) is 0 Å². The Kier molecular flexibility index (Phi) is 9.71. The van der Waals surface area contributed by atoms with E-state index in [1.165, 1.54) is 32.1 Å². The fourth-order valence-corrected chi connectivity index (χ4v) is 3.40. The highest BCUT2D eigenvalue weighted by Gasteiger charge is 2.08. The lowest BCUT2D eigenvalue weighted by atomic mass is 10.1. The summed E-state index contributed by atoms with van der Waals surface area (Å²) in [7, 11) is 0. The quantitative estimate of drug-likeness (QED) is 0.125. The van der Waals surface area contributed by atoms with Crippen LogP contribution in [0.3, 0.4) is 0 Å². The van der Waals surface area contributed by atoms with Gasteiger partial charge in [0.25, 0.3) is 0 Å². The van der Waals surface area contributed by atoms with Crippen LogP contribution in [-0.2, 0) is 0 Å². The number of carbonyl (C=O) groups is 1. The zero-order chi connectivity index (χ0) is 23.3. The van der Waals surface area contributed by atoms with Crippen LogP contribution < -0.4 is 9.47 Å². The molecule has 0 unspecified atom stereocenters. The highest BCUT2D eigenvalue weighted by Crippen LogP contribution is 2.18. The second-order valence-electron chi connectivity index (χ2n) is 8.20. The van der Waals surface area contributed by atoms with Crippen molar-refractivity contribution >= 4 is 17.9 Å². The number of unbranched alkanes of at least 4 members (excludes halogenated alkanes) is 5. The molecule has 0 bridgehead atoms. The molecule has 4 heteroatoms. The number of rotatable bonds is 12. The van der Waals surface area contributed by atoms with Gasteiger partial charge in [0.1, 0.15) is 11.5 Å². The molecule has 0 amide bonds. The van der Waals surface area contributed by atoms with E-state index in [0.29, 0.717) is 11.3 Å². The first-order valence-electron chi connectivity index (χ1n) is 11.8. The second-order valence-corrected chi connectivity index (χ2v) is 8.20. The molecule has 0 saturated heterocycles. The first kappa shape index (κ1) is 24.2. The van der Waals surface area contributed by atoms with Crippen LogP contribution in [0.25, 0.3) is 0 Å². The van der Waals surface area contributed by atoms with Gasteiger partial charge in [0, 0.05) is 6.21 Å². The van der Waals surface area contributed by atoms with Gasteiger partial charge in [-0.1, -0.05) is 51.2 Å². The third-order valence-electron chi connectivity index (χ3n) is 5.31. The number of esters is 1. The molecule has 3 aromatic rings. The number of carbonyl (C=O) groups excluding carboxylic acids is 1. The van der Waals surface area contributed by atoms with E-state index in [4.69, 9.17) is 9.47 Å². The molecule has 0 aromatic heterocycles. The Balaban J connectivity index is 1.45. The molecule has 0 N–H and O–H groups in total. The Morgan fingerprint density at radius 2 is 1.58 bits per heavy atom. The van der Waals surface area contributed by atoms with Crippen molar-refractivity contribution in [2.24, 2.45) is 4.99 Å². The van der Waals surface area contributed by atoms with Gasteiger partial charge in [0.2, 0.25) is 0 Å². The third-order valence-corrected chi connectivity index (χ3v) is 5.31. The van der Waals surface area contributed by atoms with E-state index in [-0.39, 0.29) is 5.97 Å². The molecule has 172 valence electrons. The van der Waals surface area contributed by atoms with Crippen molar-refractivity contribution in [1.82, 2.24) is 0 Å². The summed E-state index contributed by atoms with van der Waals surface area (Å²) in [4.78, 5) is 16.8. The lowest BCUT2D eigenvalue weighted by Crippen LogP contribution is -2.08. The molecule has 0 spiro atoms. The maximum atomic E-state index is 12.3. The molecule has 0 atom stereocenters. The van der Waals surface area contributed by atoms with E-state index in [1.807, 2.05) is 49.4 Å². The van der Waals surface area contributed by atoms with Gasteiger partial charge in [-0.15, -0.1) is 0 Å². The van der Waals surface area contributed by atoms with Gasteiger partial charge in [0.05, 0.1) is 17.9 Å². The molecular formula is C29H33NO3. The molecule has 3 aromatic carbocycles. The minimum Gasteiger partial charge on any atom is -0.494 e. The molecule has 3 rings (SSSR count). The predicted octanol–water partition coefficient (Wildman–Crippen LogP) is 7.70. The summed E-state index contributed by atoms with van der Waals surface area (Å²) in [6.45, 7) is 4.96. The topological polar surface area (TPSA) is 47.9 Å². The fourth-order valence-electron chi connectivity index (χ4n) is 3.40. The van der Waals surface area contributed by atoms with Crippen LogP contribution in [0.5, 0.6) is 11.5 Å². The number of aryl methyl sites for hydroxylation is 1. The maximum absolute atomic E-state index is 12.3. The van der Waals surface area contributed by atoms with Crippen molar-refractivity contribution in [3.63, 3.8) is 0 Å². The van der Waals surface area contributed by atoms with E-state index < -0.39 is 0 Å². The molecule has 0 radical (unpaired) electrons. The molecule has 0 aliphatic heterocycles. The van der Waals surface area contributed by atoms with E-state index in [2.05, 4.69) is 11.9 Å². The van der Waals surface area contributed by atoms with E-state index >= 15 is 0 Å². The summed E-state index contributed by atoms with van der Waals surface area (Å²) in [5.41, 5.74) is 3.29. The summed E-state index contributed by atoms with van der Waals surface area (Å²) in [6.07, 6.45) is 9.35. The van der Waals surface area contributed by atoms with Crippen molar-refractivity contribution in [3.8, 4) is 11.5 Å². The highest BCUT2D eigenvalue weighted by molar-refractivity contribution is 5.91. The molecule has 0 heterocycles. The first-order chi connectivity index (χ1) is 16.1. The SMILES string of the molecule is CCCCCCCCOc1ccc(C=Nc2ccc(C(=O)Oc3cccc(C)c3)cc2)cc1. The van der Waals surface area contributed by atoms with Crippen LogP contribution in [0.1, 0.15) is 66.9 Å². The van der Waals surface area contributed by atoms with Crippen LogP contribution in [0.2, 0.25) is 0 Å². The van der Waals surface area contributed by atoms with Crippen LogP contribution in [0.15, 0.2) is 77.8 Å². The van der Waals surface area contributed by atoms with E-state index in [0.717, 1.165) is 35.6 Å². The molecule has 0 aliphatic carbocycles. The molecular weight excluding hydrogens is 410 g/mol. The Hall–Kier alpha value is -3.40. The minimum atomic E-state index is -0.382. The molecule has 33 heavy (non-hydrogen) atoms. The summed E-state index contributed by atoms with van der Waals surface area (Å²) < 4.78 is 11.3. The van der Waals surface area contributed by atoms with Crippen molar-refractivity contribution in [2.75, 3.05) is 6.61 Å². The molecule has 4 nitrogen and oxygen atoms in total. The lowest BCUT2D eigenvalue weighted by molar-refractivity contribution is 0.0735. The standard InChI is InChI=1S/C29H33NO3/c1-3-4-5-6-7-8-20-32-27-18-12-24(13-19-27)22-30-26-16-14-25(15-17-26)29(31)33-28-11-9-10-23(2)21-28/h9-19,21-22H,3-8,20H2,1-2H3. The van der Waals surface area contributed by atoms with Crippen molar-refractivity contribution in [1.29, 1.82) is 0 Å². The first-order valence-corrected chi connectivity index (χ1v) is 11.8. The lowest BCUT2D eigenvalue weighted by Gasteiger charge is -2.06. The second kappa shape index (κ2) is 13.2. The monoisotopic (exact) mass is 443 g/mol. The maximum Gasteiger partial charge on any atom is 0.343 e. The molecule has 0 aliphatic rings. The Morgan fingerprint density at radius 1 is 0.848 bits per heavy atom. The Morgan fingerprint density at radius 3 is 2.30 bits per heavy atom. The van der Waals surface area contributed by atoms with Crippen LogP contribution in [0, 0.1) is 6.92 Å². The Labute approximate surface area is 197 Å². The third kappa shape index (κ3) is 8.57. The van der Waals surface area contributed by atoms with Gasteiger partial charge in [-0.2, -0.15) is 0 Å². The van der Waals surface area contributed by atoms with Gasteiger partial charge >= 0.3 is 5.97 Å². The normalized spacial score (nSPS) is 11.0. The van der Waals surface area contributed by atoms with Crippen molar-refractivity contribution in [2.45, 2.75) is 52.4 Å². The molecule has 0 saturated carbocycles. The summed E-state index contributed by atoms with van der Waals surface area (Å²) in [5.74, 6) is 1.05. The van der Waals surface area contributed by atoms with Gasteiger partial charge < -0.3 is 9.47 Å². The summed E-state index contributed by atoms with van der Waals surface area (Å²) >= 11 is 0. The minimum absolute atomic E-state index is 0.382. The smallest absolute Gasteiger partial charge is 0.343 e. The van der Waals surface area contributed by atoms with Gasteiger partial charge in [-0.25, -0.2) is 4.79 Å². The van der Waals surface area contributed by atoms with Crippen LogP contribution >= 0.6 is 0 Å². The van der Waals surface area contributed by atoms with Crippen LogP contribution in [0.4, 0.5) is 5.69 Å². The average molecular weight is 444 g/mol. The number of benzene rings is 3. The van der Waals surface area contributed by atoms with Gasteiger partial charge in [-0.05, 0) is 85.1 Å². The van der Waals surface area contributed by atoms with E-state index in [9.17, 15) is 4.79 Å². The van der Waals surface area contributed by atoms with Crippen molar-refractivity contribution < 1.29 is 14.3 Å². The van der Waals surface area contributed by atoms with Crippen LogP contribution in [-0.4, -0.2) is 18.8 Å². The highest BCUT2D eigenvalue weighted by atomic mass is 16.5.